The zero-order valence-corrected chi connectivity index (χ0v) is 10.9. The van der Waals surface area contributed by atoms with Crippen LogP contribution in [0.25, 0.3) is 0 Å². The Kier molecular flexibility index (Phi) is 4.59. The quantitative estimate of drug-likeness (QED) is 0.817. The first kappa shape index (κ1) is 13.6. The van der Waals surface area contributed by atoms with Gasteiger partial charge in [-0.1, -0.05) is 31.4 Å². The lowest BCUT2D eigenvalue weighted by molar-refractivity contribution is 0.602. The third-order valence-electron chi connectivity index (χ3n) is 2.39. The van der Waals surface area contributed by atoms with Crippen molar-refractivity contribution in [3.8, 4) is 12.3 Å². The van der Waals surface area contributed by atoms with Crippen molar-refractivity contribution in [1.29, 1.82) is 0 Å². The second-order valence-electron chi connectivity index (χ2n) is 3.92. The molecule has 0 radical (unpaired) electrons. The molecule has 0 saturated carbocycles. The zero-order valence-electron chi connectivity index (χ0n) is 10.1. The second kappa shape index (κ2) is 5.74. The van der Waals surface area contributed by atoms with Crippen molar-refractivity contribution in [3.05, 3.63) is 24.3 Å². The fourth-order valence-corrected chi connectivity index (χ4v) is 2.43. The summed E-state index contributed by atoms with van der Waals surface area (Å²) in [4.78, 5) is 0.288. The van der Waals surface area contributed by atoms with Gasteiger partial charge in [0.1, 0.15) is 0 Å². The van der Waals surface area contributed by atoms with Gasteiger partial charge in [0, 0.05) is 6.26 Å². The Morgan fingerprint density at radius 1 is 1.41 bits per heavy atom. The van der Waals surface area contributed by atoms with E-state index in [1.165, 1.54) is 6.26 Å². The van der Waals surface area contributed by atoms with Gasteiger partial charge in [0.2, 0.25) is 0 Å². The lowest BCUT2D eigenvalue weighted by atomic mass is 10.1. The fraction of sp³-hybridized carbons (Fsp3) is 0.385. The monoisotopic (exact) mass is 251 g/mol. The minimum Gasteiger partial charge on any atom is -0.371 e. The maximum absolute atomic E-state index is 11.6. The van der Waals surface area contributed by atoms with Gasteiger partial charge >= 0.3 is 0 Å². The predicted octanol–water partition coefficient (Wildman–Crippen LogP) is 2.30. The van der Waals surface area contributed by atoms with Crippen molar-refractivity contribution in [2.45, 2.75) is 30.7 Å². The van der Waals surface area contributed by atoms with Crippen molar-refractivity contribution in [1.82, 2.24) is 0 Å². The molecule has 4 heteroatoms. The largest absolute Gasteiger partial charge is 0.371 e. The standard InChI is InChI=1S/C13H17NO2S/c1-4-8-11(5-2)14-12-9-6-7-10-13(12)17(3,15)16/h2,6-7,9-11,14H,4,8H2,1,3H3. The second-order valence-corrected chi connectivity index (χ2v) is 5.90. The molecule has 0 bridgehead atoms. The van der Waals surface area contributed by atoms with Crippen LogP contribution in [-0.4, -0.2) is 20.7 Å². The van der Waals surface area contributed by atoms with E-state index in [1.54, 1.807) is 24.3 Å². The summed E-state index contributed by atoms with van der Waals surface area (Å²) in [5.74, 6) is 2.62. The molecular weight excluding hydrogens is 234 g/mol. The molecule has 3 nitrogen and oxygen atoms in total. The van der Waals surface area contributed by atoms with Crippen LogP contribution in [-0.2, 0) is 9.84 Å². The summed E-state index contributed by atoms with van der Waals surface area (Å²) in [6.07, 6.45) is 8.36. The smallest absolute Gasteiger partial charge is 0.177 e. The topological polar surface area (TPSA) is 46.2 Å². The Hall–Kier alpha value is -1.47. The lowest BCUT2D eigenvalue weighted by Crippen LogP contribution is -2.18. The highest BCUT2D eigenvalue weighted by Crippen LogP contribution is 2.21. The van der Waals surface area contributed by atoms with Gasteiger partial charge in [-0.3, -0.25) is 0 Å². The van der Waals surface area contributed by atoms with Gasteiger partial charge in [0.15, 0.2) is 9.84 Å². The average molecular weight is 251 g/mol. The van der Waals surface area contributed by atoms with Gasteiger partial charge in [-0.2, -0.15) is 0 Å². The SMILES string of the molecule is C#CC(CCC)Nc1ccccc1S(C)(=O)=O. The Morgan fingerprint density at radius 2 is 2.06 bits per heavy atom. The molecule has 17 heavy (non-hydrogen) atoms. The maximum atomic E-state index is 11.6. The maximum Gasteiger partial charge on any atom is 0.177 e. The van der Waals surface area contributed by atoms with E-state index in [0.717, 1.165) is 12.8 Å². The molecule has 0 aliphatic heterocycles. The van der Waals surface area contributed by atoms with E-state index in [-0.39, 0.29) is 10.9 Å². The van der Waals surface area contributed by atoms with Crippen molar-refractivity contribution in [2.75, 3.05) is 11.6 Å². The highest BCUT2D eigenvalue weighted by atomic mass is 32.2. The molecule has 0 aliphatic carbocycles. The number of anilines is 1. The number of hydrogen-bond donors (Lipinski definition) is 1. The number of benzene rings is 1. The number of rotatable bonds is 5. The molecule has 0 fully saturated rings. The molecule has 1 N–H and O–H groups in total. The zero-order chi connectivity index (χ0) is 12.9. The van der Waals surface area contributed by atoms with Gasteiger partial charge in [-0.05, 0) is 18.6 Å². The molecule has 0 spiro atoms. The molecule has 1 unspecified atom stereocenters. The molecule has 1 rings (SSSR count). The van der Waals surface area contributed by atoms with E-state index in [0.29, 0.717) is 5.69 Å². The summed E-state index contributed by atoms with van der Waals surface area (Å²) in [5.41, 5.74) is 0.575. The van der Waals surface area contributed by atoms with Crippen LogP contribution in [0.5, 0.6) is 0 Å². The van der Waals surface area contributed by atoms with Gasteiger partial charge in [-0.25, -0.2) is 8.42 Å². The normalized spacial score (nSPS) is 12.8. The molecule has 92 valence electrons. The number of hydrogen-bond acceptors (Lipinski definition) is 3. The molecule has 1 aromatic carbocycles. The number of sulfone groups is 1. The van der Waals surface area contributed by atoms with Crippen LogP contribution < -0.4 is 5.32 Å². The predicted molar refractivity (Wildman–Crippen MR) is 70.7 cm³/mol. The molecule has 1 atom stereocenters. The Bertz CT molecular complexity index is 514. The number of terminal acetylenes is 1. The summed E-state index contributed by atoms with van der Waals surface area (Å²) >= 11 is 0. The molecule has 0 heterocycles. The van der Waals surface area contributed by atoms with Crippen molar-refractivity contribution in [2.24, 2.45) is 0 Å². The van der Waals surface area contributed by atoms with Crippen molar-refractivity contribution in [3.63, 3.8) is 0 Å². The van der Waals surface area contributed by atoms with Crippen LogP contribution in [0.2, 0.25) is 0 Å². The third kappa shape index (κ3) is 3.79. The molecule has 0 aliphatic rings. The molecule has 1 aromatic rings. The number of nitrogens with one attached hydrogen (secondary N) is 1. The summed E-state index contributed by atoms with van der Waals surface area (Å²) in [7, 11) is -3.23. The van der Waals surface area contributed by atoms with E-state index in [1.807, 2.05) is 6.92 Å². The highest BCUT2D eigenvalue weighted by molar-refractivity contribution is 7.90. The molecule has 0 saturated heterocycles. The first-order valence-electron chi connectivity index (χ1n) is 5.50. The molecule has 0 aromatic heterocycles. The average Bonchev–Trinajstić information content (AvgIpc) is 2.27. The number of para-hydroxylation sites is 1. The van der Waals surface area contributed by atoms with Crippen LogP contribution in [0.1, 0.15) is 19.8 Å². The Labute approximate surface area is 103 Å². The van der Waals surface area contributed by atoms with E-state index in [2.05, 4.69) is 11.2 Å². The first-order valence-corrected chi connectivity index (χ1v) is 7.40. The summed E-state index contributed by atoms with van der Waals surface area (Å²) in [5, 5.41) is 3.09. The Morgan fingerprint density at radius 3 is 2.59 bits per heavy atom. The Balaban J connectivity index is 3.03. The van der Waals surface area contributed by atoms with E-state index < -0.39 is 9.84 Å². The fourth-order valence-electron chi connectivity index (χ4n) is 1.58. The third-order valence-corrected chi connectivity index (χ3v) is 3.55. The first-order chi connectivity index (χ1) is 7.99. The van der Waals surface area contributed by atoms with Crippen LogP contribution >= 0.6 is 0 Å². The van der Waals surface area contributed by atoms with Crippen molar-refractivity contribution < 1.29 is 8.42 Å². The van der Waals surface area contributed by atoms with Gasteiger partial charge in [0.25, 0.3) is 0 Å². The van der Waals surface area contributed by atoms with Crippen LogP contribution in [0.3, 0.4) is 0 Å². The molecule has 0 amide bonds. The van der Waals surface area contributed by atoms with Crippen LogP contribution in [0.15, 0.2) is 29.2 Å². The summed E-state index contributed by atoms with van der Waals surface area (Å²) < 4.78 is 23.2. The van der Waals surface area contributed by atoms with Crippen LogP contribution in [0, 0.1) is 12.3 Å². The molecular formula is C13H17NO2S. The van der Waals surface area contributed by atoms with E-state index >= 15 is 0 Å². The summed E-state index contributed by atoms with van der Waals surface area (Å²) in [6, 6.07) is 6.67. The van der Waals surface area contributed by atoms with Gasteiger partial charge in [0.05, 0.1) is 16.6 Å². The van der Waals surface area contributed by atoms with E-state index in [4.69, 9.17) is 6.42 Å². The minimum absolute atomic E-state index is 0.136. The van der Waals surface area contributed by atoms with Crippen LogP contribution in [0.4, 0.5) is 5.69 Å². The van der Waals surface area contributed by atoms with E-state index in [9.17, 15) is 8.42 Å². The van der Waals surface area contributed by atoms with Crippen molar-refractivity contribution >= 4 is 15.5 Å². The van der Waals surface area contributed by atoms with Gasteiger partial charge in [-0.15, -0.1) is 6.42 Å². The lowest BCUT2D eigenvalue weighted by Gasteiger charge is -2.15. The summed E-state index contributed by atoms with van der Waals surface area (Å²) in [6.45, 7) is 2.04. The highest BCUT2D eigenvalue weighted by Gasteiger charge is 2.14. The van der Waals surface area contributed by atoms with Gasteiger partial charge < -0.3 is 5.32 Å². The minimum atomic E-state index is -3.23.